The summed E-state index contributed by atoms with van der Waals surface area (Å²) in [5.41, 5.74) is -1.45. The molecule has 0 bridgehead atoms. The van der Waals surface area contributed by atoms with Crippen molar-refractivity contribution in [2.75, 3.05) is 6.26 Å². The minimum absolute atomic E-state index is 0.00143. The van der Waals surface area contributed by atoms with Gasteiger partial charge in [-0.2, -0.15) is 0 Å². The van der Waals surface area contributed by atoms with E-state index in [-0.39, 0.29) is 15.5 Å². The van der Waals surface area contributed by atoms with Gasteiger partial charge in [-0.3, -0.25) is 4.79 Å². The number of aliphatic carboxylic acids is 1. The normalized spacial score (nSPS) is 12.0. The molecular weight excluding hydrogens is 306 g/mol. The zero-order valence-corrected chi connectivity index (χ0v) is 12.7. The number of carboxylic acids is 1. The topological polar surface area (TPSA) is 101 Å². The smallest absolute Gasteiger partial charge is 0.328 e. The first-order valence-electron chi connectivity index (χ1n) is 5.50. The lowest BCUT2D eigenvalue weighted by Crippen LogP contribution is -2.49. The summed E-state index contributed by atoms with van der Waals surface area (Å²) >= 11 is 5.76. The van der Waals surface area contributed by atoms with Crippen LogP contribution in [-0.4, -0.2) is 37.2 Å². The van der Waals surface area contributed by atoms with Crippen molar-refractivity contribution < 1.29 is 23.1 Å². The van der Waals surface area contributed by atoms with E-state index < -0.39 is 27.3 Å². The molecule has 110 valence electrons. The molecule has 1 amide bonds. The van der Waals surface area contributed by atoms with Crippen LogP contribution in [0.4, 0.5) is 0 Å². The Morgan fingerprint density at radius 1 is 1.30 bits per heavy atom. The van der Waals surface area contributed by atoms with Gasteiger partial charge in [0.05, 0.1) is 9.92 Å². The molecule has 0 atom stereocenters. The van der Waals surface area contributed by atoms with E-state index in [0.29, 0.717) is 0 Å². The van der Waals surface area contributed by atoms with Gasteiger partial charge in [0.1, 0.15) is 5.54 Å². The molecule has 0 radical (unpaired) electrons. The number of amides is 1. The molecule has 1 rings (SSSR count). The summed E-state index contributed by atoms with van der Waals surface area (Å²) in [4.78, 5) is 22.7. The van der Waals surface area contributed by atoms with Gasteiger partial charge in [0.25, 0.3) is 5.91 Å². The van der Waals surface area contributed by atoms with E-state index >= 15 is 0 Å². The number of rotatable bonds is 4. The summed E-state index contributed by atoms with van der Waals surface area (Å²) in [6.07, 6.45) is 0.969. The minimum Gasteiger partial charge on any atom is -0.480 e. The number of hydrogen-bond acceptors (Lipinski definition) is 4. The first-order valence-corrected chi connectivity index (χ1v) is 7.77. The number of sulfone groups is 1. The highest BCUT2D eigenvalue weighted by Gasteiger charge is 2.29. The summed E-state index contributed by atoms with van der Waals surface area (Å²) in [6.45, 7) is 2.64. The third-order valence-corrected chi connectivity index (χ3v) is 4.13. The molecular formula is C12H14ClNO5S. The van der Waals surface area contributed by atoms with Gasteiger partial charge < -0.3 is 10.4 Å². The molecule has 0 spiro atoms. The van der Waals surface area contributed by atoms with Crippen molar-refractivity contribution in [3.05, 3.63) is 28.8 Å². The predicted octanol–water partition coefficient (Wildman–Crippen LogP) is 1.34. The fourth-order valence-corrected chi connectivity index (χ4v) is 2.64. The summed E-state index contributed by atoms with van der Waals surface area (Å²) in [7, 11) is -3.58. The van der Waals surface area contributed by atoms with Crippen LogP contribution < -0.4 is 5.32 Å². The van der Waals surface area contributed by atoms with Gasteiger partial charge in [0.2, 0.25) is 0 Å². The Balaban J connectivity index is 3.17. The molecule has 8 heteroatoms. The van der Waals surface area contributed by atoms with E-state index in [9.17, 15) is 18.0 Å². The van der Waals surface area contributed by atoms with Crippen LogP contribution in [0.5, 0.6) is 0 Å². The van der Waals surface area contributed by atoms with Crippen molar-refractivity contribution in [2.24, 2.45) is 0 Å². The van der Waals surface area contributed by atoms with Gasteiger partial charge in [0.15, 0.2) is 9.84 Å². The quantitative estimate of drug-likeness (QED) is 0.872. The van der Waals surface area contributed by atoms with Crippen molar-refractivity contribution in [1.29, 1.82) is 0 Å². The predicted molar refractivity (Wildman–Crippen MR) is 73.7 cm³/mol. The van der Waals surface area contributed by atoms with Gasteiger partial charge in [-0.05, 0) is 32.0 Å². The zero-order valence-electron chi connectivity index (χ0n) is 11.1. The van der Waals surface area contributed by atoms with Crippen molar-refractivity contribution >= 4 is 33.3 Å². The molecule has 0 unspecified atom stereocenters. The molecule has 0 aliphatic heterocycles. The van der Waals surface area contributed by atoms with Gasteiger partial charge in [-0.25, -0.2) is 13.2 Å². The second-order valence-corrected chi connectivity index (χ2v) is 7.19. The van der Waals surface area contributed by atoms with Crippen LogP contribution >= 0.6 is 11.6 Å². The van der Waals surface area contributed by atoms with Crippen LogP contribution in [0.3, 0.4) is 0 Å². The fourth-order valence-electron chi connectivity index (χ4n) is 1.34. The van der Waals surface area contributed by atoms with E-state index in [4.69, 9.17) is 16.7 Å². The van der Waals surface area contributed by atoms with Crippen molar-refractivity contribution in [1.82, 2.24) is 5.32 Å². The maximum atomic E-state index is 11.9. The van der Waals surface area contributed by atoms with E-state index in [1.54, 1.807) is 0 Å². The Hall–Kier alpha value is -1.60. The standard InChI is InChI=1S/C12H14ClNO5S/c1-12(2,11(16)17)14-10(15)7-4-5-8(13)9(6-7)20(3,18)19/h4-6H,1-3H3,(H,14,15)(H,16,17). The number of carbonyl (C=O) groups excluding carboxylic acids is 1. The highest BCUT2D eigenvalue weighted by Crippen LogP contribution is 2.22. The average Bonchev–Trinajstić information content (AvgIpc) is 2.26. The molecule has 0 fully saturated rings. The SMILES string of the molecule is CC(C)(NC(=O)c1ccc(Cl)c(S(C)(=O)=O)c1)C(=O)O. The van der Waals surface area contributed by atoms with Gasteiger partial charge in [0, 0.05) is 11.8 Å². The van der Waals surface area contributed by atoms with Crippen LogP contribution in [0.25, 0.3) is 0 Å². The zero-order chi connectivity index (χ0) is 15.7. The molecule has 1 aromatic rings. The molecule has 20 heavy (non-hydrogen) atoms. The first kappa shape index (κ1) is 16.5. The monoisotopic (exact) mass is 319 g/mol. The Bertz CT molecular complexity index is 666. The number of benzene rings is 1. The largest absolute Gasteiger partial charge is 0.480 e. The third-order valence-electron chi connectivity index (χ3n) is 2.55. The van der Waals surface area contributed by atoms with E-state index in [1.807, 2.05) is 0 Å². The molecule has 0 aliphatic carbocycles. The number of nitrogens with one attached hydrogen (secondary N) is 1. The van der Waals surface area contributed by atoms with E-state index in [2.05, 4.69) is 5.32 Å². The third kappa shape index (κ3) is 3.71. The molecule has 0 saturated carbocycles. The molecule has 2 N–H and O–H groups in total. The maximum absolute atomic E-state index is 11.9. The Labute approximate surface area is 121 Å². The Kier molecular flexibility index (Phi) is 4.45. The lowest BCUT2D eigenvalue weighted by Gasteiger charge is -2.21. The van der Waals surface area contributed by atoms with Crippen molar-refractivity contribution in [2.45, 2.75) is 24.3 Å². The summed E-state index contributed by atoms with van der Waals surface area (Å²) < 4.78 is 23.0. The highest BCUT2D eigenvalue weighted by molar-refractivity contribution is 7.90. The molecule has 0 heterocycles. The van der Waals surface area contributed by atoms with Crippen LogP contribution in [-0.2, 0) is 14.6 Å². The molecule has 0 aliphatic rings. The number of hydrogen-bond donors (Lipinski definition) is 2. The number of carbonyl (C=O) groups is 2. The van der Waals surface area contributed by atoms with Crippen LogP contribution in [0.15, 0.2) is 23.1 Å². The van der Waals surface area contributed by atoms with Crippen LogP contribution in [0.2, 0.25) is 5.02 Å². The molecule has 6 nitrogen and oxygen atoms in total. The number of halogens is 1. The van der Waals surface area contributed by atoms with Gasteiger partial charge in [-0.15, -0.1) is 0 Å². The van der Waals surface area contributed by atoms with Crippen LogP contribution in [0.1, 0.15) is 24.2 Å². The fraction of sp³-hybridized carbons (Fsp3) is 0.333. The Morgan fingerprint density at radius 2 is 1.85 bits per heavy atom. The van der Waals surface area contributed by atoms with Gasteiger partial charge in [-0.1, -0.05) is 11.6 Å². The molecule has 1 aromatic carbocycles. The summed E-state index contributed by atoms with van der Waals surface area (Å²) in [5, 5.41) is 11.2. The average molecular weight is 320 g/mol. The van der Waals surface area contributed by atoms with Crippen LogP contribution in [0, 0.1) is 0 Å². The molecule has 0 aromatic heterocycles. The minimum atomic E-state index is -3.58. The first-order chi connectivity index (χ1) is 8.95. The summed E-state index contributed by atoms with van der Waals surface area (Å²) in [6, 6.07) is 3.72. The second-order valence-electron chi connectivity index (χ2n) is 4.80. The Morgan fingerprint density at radius 3 is 2.30 bits per heavy atom. The summed E-state index contributed by atoms with van der Waals surface area (Å²) in [5.74, 6) is -1.90. The van der Waals surface area contributed by atoms with E-state index in [1.165, 1.54) is 26.0 Å². The number of carboxylic acid groups (broad SMARTS) is 1. The molecule has 0 saturated heterocycles. The van der Waals surface area contributed by atoms with Crippen molar-refractivity contribution in [3.63, 3.8) is 0 Å². The maximum Gasteiger partial charge on any atom is 0.328 e. The van der Waals surface area contributed by atoms with Crippen molar-refractivity contribution in [3.8, 4) is 0 Å². The van der Waals surface area contributed by atoms with E-state index in [0.717, 1.165) is 12.3 Å². The highest BCUT2D eigenvalue weighted by atomic mass is 35.5. The lowest BCUT2D eigenvalue weighted by molar-refractivity contribution is -0.143. The van der Waals surface area contributed by atoms with Gasteiger partial charge >= 0.3 is 5.97 Å². The lowest BCUT2D eigenvalue weighted by atomic mass is 10.1. The second kappa shape index (κ2) is 5.41.